The van der Waals surface area contributed by atoms with E-state index in [4.69, 9.17) is 20.8 Å². The lowest BCUT2D eigenvalue weighted by molar-refractivity contribution is 0.0957. The van der Waals surface area contributed by atoms with Gasteiger partial charge >= 0.3 is 0 Å². The number of hydrogen-bond donors (Lipinski definition) is 1. The van der Waals surface area contributed by atoms with Gasteiger partial charge in [0, 0.05) is 17.6 Å². The third kappa shape index (κ3) is 5.02. The number of nitrogens with zero attached hydrogens (tertiary/aromatic N) is 3. The molecule has 0 saturated heterocycles. The molecule has 2 aromatic heterocycles. The van der Waals surface area contributed by atoms with Crippen LogP contribution in [-0.4, -0.2) is 27.8 Å². The van der Waals surface area contributed by atoms with Crippen LogP contribution in [0.15, 0.2) is 77.4 Å². The molecular weight excluding hydrogens is 416 g/mol. The van der Waals surface area contributed by atoms with Gasteiger partial charge in [0.1, 0.15) is 5.75 Å². The highest BCUT2D eigenvalue weighted by atomic mass is 35.5. The Labute approximate surface area is 183 Å². The van der Waals surface area contributed by atoms with Crippen molar-refractivity contribution < 1.29 is 13.9 Å². The highest BCUT2D eigenvalue weighted by Gasteiger charge is 2.17. The molecule has 0 spiro atoms. The smallest absolute Gasteiger partial charge is 0.274 e. The molecule has 2 aromatic carbocycles. The van der Waals surface area contributed by atoms with Gasteiger partial charge in [0.25, 0.3) is 5.91 Å². The zero-order valence-electron chi connectivity index (χ0n) is 16.7. The summed E-state index contributed by atoms with van der Waals surface area (Å²) >= 11 is 5.94. The van der Waals surface area contributed by atoms with Crippen molar-refractivity contribution in [2.75, 3.05) is 12.4 Å². The molecule has 156 valence electrons. The molecule has 0 radical (unpaired) electrons. The van der Waals surface area contributed by atoms with Crippen molar-refractivity contribution in [3.05, 3.63) is 89.2 Å². The van der Waals surface area contributed by atoms with Gasteiger partial charge in [0.15, 0.2) is 5.76 Å². The van der Waals surface area contributed by atoms with Gasteiger partial charge < -0.3 is 14.5 Å². The number of carbonyl (C=O) groups is 1. The van der Waals surface area contributed by atoms with Crippen molar-refractivity contribution in [2.45, 2.75) is 6.54 Å². The number of ether oxygens (including phenoxy) is 1. The number of benzene rings is 2. The molecule has 0 amide bonds. The fourth-order valence-corrected chi connectivity index (χ4v) is 2.95. The van der Waals surface area contributed by atoms with Crippen LogP contribution in [0.3, 0.4) is 0 Å². The van der Waals surface area contributed by atoms with Crippen molar-refractivity contribution in [1.29, 1.82) is 0 Å². The standard InChI is InChI=1S/C23H19ClN4O3/c1-30-19-11-6-16(7-12-19)8-13-21(29)28-23(25-15-17-4-9-18(24)10-5-17)26-22(27-28)20-3-2-14-31-20/h2-14H,15H2,1H3,(H,25,26,27). The van der Waals surface area contributed by atoms with Crippen molar-refractivity contribution in [1.82, 2.24) is 14.8 Å². The van der Waals surface area contributed by atoms with Crippen molar-refractivity contribution in [2.24, 2.45) is 0 Å². The van der Waals surface area contributed by atoms with Crippen LogP contribution in [-0.2, 0) is 6.54 Å². The summed E-state index contributed by atoms with van der Waals surface area (Å²) in [5.41, 5.74) is 1.84. The zero-order chi connectivity index (χ0) is 21.6. The average molecular weight is 435 g/mol. The maximum Gasteiger partial charge on any atom is 0.274 e. The minimum absolute atomic E-state index is 0.311. The minimum Gasteiger partial charge on any atom is -0.497 e. The summed E-state index contributed by atoms with van der Waals surface area (Å²) in [7, 11) is 1.61. The number of hydrogen-bond acceptors (Lipinski definition) is 6. The van der Waals surface area contributed by atoms with E-state index >= 15 is 0 Å². The lowest BCUT2D eigenvalue weighted by Crippen LogP contribution is -2.14. The number of aromatic nitrogens is 3. The third-order valence-corrected chi connectivity index (χ3v) is 4.71. The molecule has 0 atom stereocenters. The second kappa shape index (κ2) is 9.32. The van der Waals surface area contributed by atoms with E-state index in [9.17, 15) is 4.79 Å². The summed E-state index contributed by atoms with van der Waals surface area (Å²) in [6, 6.07) is 18.3. The van der Waals surface area contributed by atoms with E-state index in [0.29, 0.717) is 29.1 Å². The molecule has 7 nitrogen and oxygen atoms in total. The van der Waals surface area contributed by atoms with Gasteiger partial charge in [-0.25, -0.2) is 0 Å². The predicted octanol–water partition coefficient (Wildman–Crippen LogP) is 5.17. The second-order valence-corrected chi connectivity index (χ2v) is 7.01. The van der Waals surface area contributed by atoms with Crippen LogP contribution in [0.25, 0.3) is 17.7 Å². The SMILES string of the molecule is COc1ccc(C=CC(=O)n2nc(-c3ccco3)nc2NCc2ccc(Cl)cc2)cc1. The van der Waals surface area contributed by atoms with E-state index < -0.39 is 0 Å². The van der Waals surface area contributed by atoms with Gasteiger partial charge in [-0.2, -0.15) is 9.67 Å². The second-order valence-electron chi connectivity index (χ2n) is 6.57. The summed E-state index contributed by atoms with van der Waals surface area (Å²) in [5.74, 6) is 1.50. The normalized spacial score (nSPS) is 11.0. The van der Waals surface area contributed by atoms with Gasteiger partial charge in [-0.05, 0) is 53.6 Å². The minimum atomic E-state index is -0.347. The molecule has 1 N–H and O–H groups in total. The predicted molar refractivity (Wildman–Crippen MR) is 119 cm³/mol. The third-order valence-electron chi connectivity index (χ3n) is 4.46. The molecule has 2 heterocycles. The Bertz CT molecular complexity index is 1180. The Kier molecular flexibility index (Phi) is 6.14. The molecule has 0 bridgehead atoms. The van der Waals surface area contributed by atoms with Crippen LogP contribution in [0.1, 0.15) is 15.9 Å². The molecule has 4 aromatic rings. The summed E-state index contributed by atoms with van der Waals surface area (Å²) in [6.07, 6.45) is 4.68. The van der Waals surface area contributed by atoms with Crippen LogP contribution in [0.4, 0.5) is 5.95 Å². The molecule has 0 fully saturated rings. The number of anilines is 1. The van der Waals surface area contributed by atoms with E-state index in [2.05, 4.69) is 15.4 Å². The van der Waals surface area contributed by atoms with Crippen LogP contribution >= 0.6 is 11.6 Å². The van der Waals surface area contributed by atoms with E-state index in [0.717, 1.165) is 16.9 Å². The zero-order valence-corrected chi connectivity index (χ0v) is 17.4. The van der Waals surface area contributed by atoms with Crippen molar-refractivity contribution in [3.8, 4) is 17.3 Å². The van der Waals surface area contributed by atoms with Gasteiger partial charge in [-0.3, -0.25) is 4.79 Å². The first-order valence-electron chi connectivity index (χ1n) is 9.48. The number of halogens is 1. The van der Waals surface area contributed by atoms with Gasteiger partial charge in [-0.1, -0.05) is 35.9 Å². The molecule has 4 rings (SSSR count). The Hall–Kier alpha value is -3.84. The van der Waals surface area contributed by atoms with Crippen molar-refractivity contribution in [3.63, 3.8) is 0 Å². The summed E-state index contributed by atoms with van der Waals surface area (Å²) in [6.45, 7) is 0.447. The van der Waals surface area contributed by atoms with E-state index in [1.165, 1.54) is 17.0 Å². The topological polar surface area (TPSA) is 82.2 Å². The number of furan rings is 1. The van der Waals surface area contributed by atoms with E-state index in [1.54, 1.807) is 37.5 Å². The number of rotatable bonds is 7. The number of carbonyl (C=O) groups excluding carboxylic acids is 1. The first kappa shape index (κ1) is 20.4. The van der Waals surface area contributed by atoms with E-state index in [1.807, 2.05) is 36.4 Å². The number of allylic oxidation sites excluding steroid dienone is 1. The largest absolute Gasteiger partial charge is 0.497 e. The van der Waals surface area contributed by atoms with Gasteiger partial charge in [-0.15, -0.1) is 5.10 Å². The summed E-state index contributed by atoms with van der Waals surface area (Å²) < 4.78 is 11.7. The van der Waals surface area contributed by atoms with Gasteiger partial charge in [0.05, 0.1) is 13.4 Å². The summed E-state index contributed by atoms with van der Waals surface area (Å²) in [5, 5.41) is 8.14. The van der Waals surface area contributed by atoms with Crippen LogP contribution < -0.4 is 10.1 Å². The molecule has 0 aliphatic carbocycles. The van der Waals surface area contributed by atoms with E-state index in [-0.39, 0.29) is 5.91 Å². The Morgan fingerprint density at radius 1 is 1.16 bits per heavy atom. The van der Waals surface area contributed by atoms with Gasteiger partial charge in [0.2, 0.25) is 11.8 Å². The monoisotopic (exact) mass is 434 g/mol. The Morgan fingerprint density at radius 2 is 1.94 bits per heavy atom. The van der Waals surface area contributed by atoms with Crippen molar-refractivity contribution >= 4 is 29.5 Å². The maximum atomic E-state index is 12.9. The highest BCUT2D eigenvalue weighted by molar-refractivity contribution is 6.30. The fourth-order valence-electron chi connectivity index (χ4n) is 2.83. The molecule has 0 aliphatic heterocycles. The molecule has 0 unspecified atom stereocenters. The Balaban J connectivity index is 1.57. The first-order chi connectivity index (χ1) is 15.1. The number of methoxy groups -OCH3 is 1. The lowest BCUT2D eigenvalue weighted by Gasteiger charge is -2.06. The van der Waals surface area contributed by atoms with Crippen LogP contribution in [0.5, 0.6) is 5.75 Å². The number of nitrogens with one attached hydrogen (secondary N) is 1. The average Bonchev–Trinajstić information content (AvgIpc) is 3.47. The lowest BCUT2D eigenvalue weighted by atomic mass is 10.2. The molecule has 0 saturated carbocycles. The maximum absolute atomic E-state index is 12.9. The summed E-state index contributed by atoms with van der Waals surface area (Å²) in [4.78, 5) is 17.3. The molecule has 8 heteroatoms. The Morgan fingerprint density at radius 3 is 2.61 bits per heavy atom. The highest BCUT2D eigenvalue weighted by Crippen LogP contribution is 2.20. The first-order valence-corrected chi connectivity index (χ1v) is 9.86. The molecular formula is C23H19ClN4O3. The quantitative estimate of drug-likeness (QED) is 0.404. The molecule has 0 aliphatic rings. The van der Waals surface area contributed by atoms with Crippen LogP contribution in [0.2, 0.25) is 5.02 Å². The molecule has 31 heavy (non-hydrogen) atoms. The van der Waals surface area contributed by atoms with Crippen LogP contribution in [0, 0.1) is 0 Å². The fraction of sp³-hybridized carbons (Fsp3) is 0.0870.